The van der Waals surface area contributed by atoms with Crippen molar-refractivity contribution in [3.05, 3.63) is 23.7 Å². The highest BCUT2D eigenvalue weighted by molar-refractivity contribution is 5.91. The molecule has 0 aromatic carbocycles. The van der Waals surface area contributed by atoms with Gasteiger partial charge in [0.05, 0.1) is 12.6 Å². The third-order valence-corrected chi connectivity index (χ3v) is 1.84. The van der Waals surface area contributed by atoms with E-state index in [1.54, 1.807) is 12.1 Å². The van der Waals surface area contributed by atoms with Crippen LogP contribution in [-0.4, -0.2) is 12.5 Å². The molecule has 0 spiro atoms. The Hall–Kier alpha value is -1.80. The molecule has 0 saturated heterocycles. The van der Waals surface area contributed by atoms with Crippen molar-refractivity contribution in [2.45, 2.75) is 19.4 Å². The Balaban J connectivity index is 2.37. The lowest BCUT2D eigenvalue weighted by Gasteiger charge is -2.00. The topological polar surface area (TPSA) is 92.0 Å². The first-order chi connectivity index (χ1) is 7.27. The van der Waals surface area contributed by atoms with E-state index in [0.717, 1.165) is 0 Å². The van der Waals surface area contributed by atoms with Gasteiger partial charge in [-0.05, 0) is 18.6 Å². The molecule has 0 atom stereocenters. The molecule has 0 radical (unpaired) electrons. The van der Waals surface area contributed by atoms with Crippen LogP contribution in [0.3, 0.4) is 0 Å². The van der Waals surface area contributed by atoms with Gasteiger partial charge >= 0.3 is 0 Å². The number of nitrogens with zero attached hydrogens (tertiary/aromatic N) is 1. The van der Waals surface area contributed by atoms with Gasteiger partial charge in [0.25, 0.3) is 5.91 Å². The zero-order chi connectivity index (χ0) is 11.1. The van der Waals surface area contributed by atoms with Crippen molar-refractivity contribution < 1.29 is 9.21 Å². The summed E-state index contributed by atoms with van der Waals surface area (Å²) in [5, 5.41) is 10.9. The molecular weight excluding hydrogens is 194 g/mol. The van der Waals surface area contributed by atoms with Crippen molar-refractivity contribution in [3.8, 4) is 6.07 Å². The number of nitrogens with one attached hydrogen (secondary N) is 1. The van der Waals surface area contributed by atoms with Crippen molar-refractivity contribution in [2.24, 2.45) is 5.73 Å². The standard InChI is InChI=1S/C10H13N3O2/c11-5-1-2-6-13-10(14)9-4-3-8(7-12)15-9/h3-4H,1-2,6-7,12H2,(H,13,14). The monoisotopic (exact) mass is 207 g/mol. The summed E-state index contributed by atoms with van der Waals surface area (Å²) in [5.41, 5.74) is 5.34. The average Bonchev–Trinajstić information content (AvgIpc) is 2.72. The second-order valence-electron chi connectivity index (χ2n) is 2.99. The Morgan fingerprint density at radius 1 is 1.60 bits per heavy atom. The van der Waals surface area contributed by atoms with E-state index in [4.69, 9.17) is 15.4 Å². The Morgan fingerprint density at radius 2 is 2.40 bits per heavy atom. The zero-order valence-electron chi connectivity index (χ0n) is 8.32. The fraction of sp³-hybridized carbons (Fsp3) is 0.400. The van der Waals surface area contributed by atoms with E-state index in [2.05, 4.69) is 5.32 Å². The predicted molar refractivity (Wildman–Crippen MR) is 53.8 cm³/mol. The number of furan rings is 1. The van der Waals surface area contributed by atoms with Crippen molar-refractivity contribution >= 4 is 5.91 Å². The van der Waals surface area contributed by atoms with Gasteiger partial charge in [-0.15, -0.1) is 0 Å². The van der Waals surface area contributed by atoms with Crippen LogP contribution in [0.5, 0.6) is 0 Å². The molecule has 1 aromatic rings. The summed E-state index contributed by atoms with van der Waals surface area (Å²) in [6.45, 7) is 0.757. The lowest BCUT2D eigenvalue weighted by molar-refractivity contribution is 0.0924. The molecule has 1 heterocycles. The van der Waals surface area contributed by atoms with E-state index in [0.29, 0.717) is 25.1 Å². The third-order valence-electron chi connectivity index (χ3n) is 1.84. The number of hydrogen-bond acceptors (Lipinski definition) is 4. The number of nitrogens with two attached hydrogens (primary N) is 1. The molecule has 0 aliphatic rings. The van der Waals surface area contributed by atoms with Gasteiger partial charge in [-0.3, -0.25) is 4.79 Å². The van der Waals surface area contributed by atoms with E-state index < -0.39 is 0 Å². The maximum atomic E-state index is 11.4. The second-order valence-corrected chi connectivity index (χ2v) is 2.99. The normalized spacial score (nSPS) is 9.60. The maximum Gasteiger partial charge on any atom is 0.286 e. The van der Waals surface area contributed by atoms with E-state index in [1.165, 1.54) is 0 Å². The van der Waals surface area contributed by atoms with Crippen LogP contribution in [0.2, 0.25) is 0 Å². The van der Waals surface area contributed by atoms with Gasteiger partial charge in [0.15, 0.2) is 5.76 Å². The minimum atomic E-state index is -0.271. The lowest BCUT2D eigenvalue weighted by Crippen LogP contribution is -2.23. The van der Waals surface area contributed by atoms with Crippen LogP contribution in [0.15, 0.2) is 16.5 Å². The molecule has 0 fully saturated rings. The van der Waals surface area contributed by atoms with Crippen LogP contribution in [0, 0.1) is 11.3 Å². The molecule has 15 heavy (non-hydrogen) atoms. The van der Waals surface area contributed by atoms with Crippen LogP contribution >= 0.6 is 0 Å². The summed E-state index contributed by atoms with van der Waals surface area (Å²) in [6, 6.07) is 5.26. The SMILES string of the molecule is N#CCCCNC(=O)c1ccc(CN)o1. The number of rotatable bonds is 5. The average molecular weight is 207 g/mol. The molecule has 1 rings (SSSR count). The molecule has 5 nitrogen and oxygen atoms in total. The van der Waals surface area contributed by atoms with Crippen LogP contribution in [0.25, 0.3) is 0 Å². The van der Waals surface area contributed by atoms with Crippen LogP contribution in [0.1, 0.15) is 29.2 Å². The highest BCUT2D eigenvalue weighted by atomic mass is 16.4. The predicted octanol–water partition coefficient (Wildman–Crippen LogP) is 0.772. The highest BCUT2D eigenvalue weighted by Gasteiger charge is 2.09. The first kappa shape index (κ1) is 11.3. The number of unbranched alkanes of at least 4 members (excludes halogenated alkanes) is 1. The number of amides is 1. The van der Waals surface area contributed by atoms with Crippen LogP contribution in [0.4, 0.5) is 0 Å². The summed E-state index contributed by atoms with van der Waals surface area (Å²) in [7, 11) is 0. The molecular formula is C10H13N3O2. The van der Waals surface area contributed by atoms with Crippen LogP contribution in [-0.2, 0) is 6.54 Å². The molecule has 0 aliphatic heterocycles. The molecule has 1 aromatic heterocycles. The molecule has 3 N–H and O–H groups in total. The number of nitriles is 1. The Morgan fingerprint density at radius 3 is 3.00 bits per heavy atom. The molecule has 0 saturated carbocycles. The number of hydrogen-bond donors (Lipinski definition) is 2. The van der Waals surface area contributed by atoms with Gasteiger partial charge in [-0.2, -0.15) is 5.26 Å². The van der Waals surface area contributed by atoms with E-state index >= 15 is 0 Å². The van der Waals surface area contributed by atoms with Gasteiger partial charge < -0.3 is 15.5 Å². The van der Waals surface area contributed by atoms with Gasteiger partial charge in [0, 0.05) is 13.0 Å². The number of carbonyl (C=O) groups excluding carboxylic acids is 1. The first-order valence-corrected chi connectivity index (χ1v) is 4.72. The maximum absolute atomic E-state index is 11.4. The Labute approximate surface area is 87.9 Å². The molecule has 1 amide bonds. The van der Waals surface area contributed by atoms with Crippen LogP contribution < -0.4 is 11.1 Å². The third kappa shape index (κ3) is 3.44. The summed E-state index contributed by atoms with van der Waals surface area (Å²) in [4.78, 5) is 11.4. The van der Waals surface area contributed by atoms with E-state index in [-0.39, 0.29) is 18.2 Å². The number of carbonyl (C=O) groups is 1. The van der Waals surface area contributed by atoms with Crippen molar-refractivity contribution in [2.75, 3.05) is 6.54 Å². The van der Waals surface area contributed by atoms with Gasteiger partial charge in [-0.1, -0.05) is 0 Å². The van der Waals surface area contributed by atoms with Crippen molar-refractivity contribution in [3.63, 3.8) is 0 Å². The molecule has 80 valence electrons. The molecule has 5 heteroatoms. The first-order valence-electron chi connectivity index (χ1n) is 4.72. The van der Waals surface area contributed by atoms with Gasteiger partial charge in [0.2, 0.25) is 0 Å². The second kappa shape index (κ2) is 5.83. The van der Waals surface area contributed by atoms with Gasteiger partial charge in [-0.25, -0.2) is 0 Å². The molecule has 0 bridgehead atoms. The molecule has 0 unspecified atom stereocenters. The summed E-state index contributed by atoms with van der Waals surface area (Å²) < 4.78 is 5.15. The van der Waals surface area contributed by atoms with E-state index in [9.17, 15) is 4.79 Å². The highest BCUT2D eigenvalue weighted by Crippen LogP contribution is 2.06. The minimum absolute atomic E-state index is 0.257. The quantitative estimate of drug-likeness (QED) is 0.697. The largest absolute Gasteiger partial charge is 0.455 e. The molecule has 0 aliphatic carbocycles. The fourth-order valence-electron chi connectivity index (χ4n) is 1.07. The van der Waals surface area contributed by atoms with E-state index in [1.807, 2.05) is 6.07 Å². The minimum Gasteiger partial charge on any atom is -0.455 e. The summed E-state index contributed by atoms with van der Waals surface area (Å²) >= 11 is 0. The Kier molecular flexibility index (Phi) is 4.38. The fourth-order valence-corrected chi connectivity index (χ4v) is 1.07. The smallest absolute Gasteiger partial charge is 0.286 e. The Bertz CT molecular complexity index is 365. The zero-order valence-corrected chi connectivity index (χ0v) is 8.32. The van der Waals surface area contributed by atoms with Crippen molar-refractivity contribution in [1.82, 2.24) is 5.32 Å². The summed E-state index contributed by atoms with van der Waals surface area (Å²) in [5.74, 6) is 0.567. The van der Waals surface area contributed by atoms with Gasteiger partial charge in [0.1, 0.15) is 5.76 Å². The van der Waals surface area contributed by atoms with Crippen molar-refractivity contribution in [1.29, 1.82) is 5.26 Å². The summed E-state index contributed by atoms with van der Waals surface area (Å²) in [6.07, 6.45) is 1.08. The lowest BCUT2D eigenvalue weighted by atomic mass is 10.3.